The maximum Gasteiger partial charge on any atom is 0.319 e. The van der Waals surface area contributed by atoms with Gasteiger partial charge in [-0.15, -0.1) is 0 Å². The number of aliphatic hydroxyl groups is 1. The minimum Gasteiger partial charge on any atom is -0.489 e. The molecular weight excluding hydrogens is 292 g/mol. The second-order valence-electron chi connectivity index (χ2n) is 5.18. The van der Waals surface area contributed by atoms with Gasteiger partial charge in [-0.3, -0.25) is 0 Å². The molecule has 3 N–H and O–H groups in total. The van der Waals surface area contributed by atoms with Crippen molar-refractivity contribution in [2.24, 2.45) is 0 Å². The van der Waals surface area contributed by atoms with Gasteiger partial charge >= 0.3 is 6.03 Å². The molecule has 0 radical (unpaired) electrons. The summed E-state index contributed by atoms with van der Waals surface area (Å²) in [5.41, 5.74) is 1.77. The van der Waals surface area contributed by atoms with E-state index < -0.39 is 0 Å². The van der Waals surface area contributed by atoms with Crippen molar-refractivity contribution in [3.63, 3.8) is 0 Å². The van der Waals surface area contributed by atoms with E-state index in [1.807, 2.05) is 49.4 Å². The molecule has 2 aromatic carbocycles. The third kappa shape index (κ3) is 5.64. The minimum atomic E-state index is -0.330. The van der Waals surface area contributed by atoms with E-state index in [1.165, 1.54) is 0 Å². The summed E-state index contributed by atoms with van der Waals surface area (Å²) in [6, 6.07) is 16.5. The van der Waals surface area contributed by atoms with Crippen LogP contribution >= 0.6 is 0 Å². The number of urea groups is 1. The van der Waals surface area contributed by atoms with Crippen molar-refractivity contribution in [3.8, 4) is 5.75 Å². The lowest BCUT2D eigenvalue weighted by Gasteiger charge is -2.15. The Hall–Kier alpha value is -2.53. The molecule has 1 unspecified atom stereocenters. The fourth-order valence-corrected chi connectivity index (χ4v) is 2.00. The molecule has 0 aliphatic heterocycles. The molecule has 2 aromatic rings. The van der Waals surface area contributed by atoms with Gasteiger partial charge in [-0.25, -0.2) is 4.79 Å². The normalized spacial score (nSPS) is 11.6. The van der Waals surface area contributed by atoms with Crippen molar-refractivity contribution < 1.29 is 14.6 Å². The average molecular weight is 314 g/mol. The monoisotopic (exact) mass is 314 g/mol. The van der Waals surface area contributed by atoms with Crippen molar-refractivity contribution in [3.05, 3.63) is 60.2 Å². The van der Waals surface area contributed by atoms with Crippen LogP contribution in [0.4, 0.5) is 10.5 Å². The highest BCUT2D eigenvalue weighted by atomic mass is 16.5. The van der Waals surface area contributed by atoms with Crippen LogP contribution in [0, 0.1) is 0 Å². The number of carbonyl (C=O) groups excluding carboxylic acids is 1. The Bertz CT molecular complexity index is 595. The molecule has 5 heteroatoms. The van der Waals surface area contributed by atoms with Crippen LogP contribution in [0.25, 0.3) is 0 Å². The molecular formula is C18H22N2O3. The highest BCUT2D eigenvalue weighted by Gasteiger charge is 2.08. The summed E-state index contributed by atoms with van der Waals surface area (Å²) in [5, 5.41) is 14.5. The van der Waals surface area contributed by atoms with Gasteiger partial charge in [0.2, 0.25) is 0 Å². The quantitative estimate of drug-likeness (QED) is 0.735. The predicted octanol–water partition coefficient (Wildman–Crippen LogP) is 3.16. The minimum absolute atomic E-state index is 0.0732. The summed E-state index contributed by atoms with van der Waals surface area (Å²) in [6.07, 6.45) is 0.677. The number of aliphatic hydroxyl groups excluding tert-OH is 1. The maximum atomic E-state index is 11.8. The third-order valence-corrected chi connectivity index (χ3v) is 3.41. The highest BCUT2D eigenvalue weighted by molar-refractivity contribution is 5.89. The molecule has 0 aliphatic carbocycles. The van der Waals surface area contributed by atoms with Crippen LogP contribution in [0.2, 0.25) is 0 Å². The summed E-state index contributed by atoms with van der Waals surface area (Å²) in [6.45, 7) is 2.33. The summed E-state index contributed by atoms with van der Waals surface area (Å²) >= 11 is 0. The van der Waals surface area contributed by atoms with Gasteiger partial charge in [0.15, 0.2) is 0 Å². The molecule has 0 saturated heterocycles. The first-order valence-electron chi connectivity index (χ1n) is 7.66. The zero-order valence-corrected chi connectivity index (χ0v) is 13.2. The molecule has 0 aromatic heterocycles. The van der Waals surface area contributed by atoms with Crippen LogP contribution in [0.3, 0.4) is 0 Å². The van der Waals surface area contributed by atoms with Gasteiger partial charge in [0.05, 0.1) is 12.6 Å². The van der Waals surface area contributed by atoms with Crippen LogP contribution < -0.4 is 15.4 Å². The smallest absolute Gasteiger partial charge is 0.319 e. The Morgan fingerprint density at radius 2 is 1.83 bits per heavy atom. The summed E-state index contributed by atoms with van der Waals surface area (Å²) < 4.78 is 5.69. The van der Waals surface area contributed by atoms with E-state index >= 15 is 0 Å². The van der Waals surface area contributed by atoms with Crippen molar-refractivity contribution in [1.29, 1.82) is 0 Å². The van der Waals surface area contributed by atoms with Crippen LogP contribution in [-0.4, -0.2) is 23.8 Å². The van der Waals surface area contributed by atoms with Crippen molar-refractivity contribution in [2.75, 3.05) is 11.9 Å². The van der Waals surface area contributed by atoms with E-state index in [1.54, 1.807) is 12.1 Å². The fraction of sp³-hybridized carbons (Fsp3) is 0.278. The largest absolute Gasteiger partial charge is 0.489 e. The Balaban J connectivity index is 1.83. The number of carbonyl (C=O) groups is 1. The van der Waals surface area contributed by atoms with Gasteiger partial charge in [-0.2, -0.15) is 0 Å². The third-order valence-electron chi connectivity index (χ3n) is 3.41. The molecule has 0 aliphatic rings. The predicted molar refractivity (Wildman–Crippen MR) is 90.5 cm³/mol. The van der Waals surface area contributed by atoms with Crippen molar-refractivity contribution >= 4 is 11.7 Å². The zero-order valence-electron chi connectivity index (χ0n) is 13.2. The number of ether oxygens (including phenoxy) is 1. The molecule has 23 heavy (non-hydrogen) atoms. The molecule has 2 rings (SSSR count). The molecule has 0 heterocycles. The van der Waals surface area contributed by atoms with Crippen molar-refractivity contribution in [1.82, 2.24) is 5.32 Å². The van der Waals surface area contributed by atoms with Crippen LogP contribution in [0.5, 0.6) is 5.75 Å². The Kier molecular flexibility index (Phi) is 6.44. The second kappa shape index (κ2) is 8.80. The number of nitrogens with one attached hydrogen (secondary N) is 2. The first-order valence-corrected chi connectivity index (χ1v) is 7.66. The SMILES string of the molecule is CCC(CO)NC(=O)Nc1ccc(OCc2ccccc2)cc1. The zero-order chi connectivity index (χ0) is 16.5. The Morgan fingerprint density at radius 3 is 2.43 bits per heavy atom. The van der Waals surface area contributed by atoms with E-state index in [0.717, 1.165) is 11.3 Å². The van der Waals surface area contributed by atoms with Gasteiger partial charge in [0, 0.05) is 5.69 Å². The topological polar surface area (TPSA) is 70.6 Å². The summed E-state index contributed by atoms with van der Waals surface area (Å²) in [5.74, 6) is 0.738. The number of hydrogen-bond donors (Lipinski definition) is 3. The van der Waals surface area contributed by atoms with Gasteiger partial charge in [-0.05, 0) is 36.2 Å². The highest BCUT2D eigenvalue weighted by Crippen LogP contribution is 2.17. The van der Waals surface area contributed by atoms with Crippen molar-refractivity contribution in [2.45, 2.75) is 26.0 Å². The Morgan fingerprint density at radius 1 is 1.13 bits per heavy atom. The van der Waals surface area contributed by atoms with E-state index in [-0.39, 0.29) is 18.7 Å². The van der Waals surface area contributed by atoms with Crippen LogP contribution in [-0.2, 0) is 6.61 Å². The second-order valence-corrected chi connectivity index (χ2v) is 5.18. The lowest BCUT2D eigenvalue weighted by molar-refractivity contribution is 0.222. The molecule has 1 atom stereocenters. The molecule has 0 fully saturated rings. The molecule has 0 spiro atoms. The summed E-state index contributed by atoms with van der Waals surface area (Å²) in [4.78, 5) is 11.8. The summed E-state index contributed by atoms with van der Waals surface area (Å²) in [7, 11) is 0. The fourth-order valence-electron chi connectivity index (χ4n) is 2.00. The molecule has 122 valence electrons. The lowest BCUT2D eigenvalue weighted by Crippen LogP contribution is -2.39. The van der Waals surface area contributed by atoms with E-state index in [0.29, 0.717) is 18.7 Å². The van der Waals surface area contributed by atoms with E-state index in [2.05, 4.69) is 10.6 Å². The lowest BCUT2D eigenvalue weighted by atomic mass is 10.2. The first-order chi connectivity index (χ1) is 11.2. The number of benzene rings is 2. The van der Waals surface area contributed by atoms with E-state index in [4.69, 9.17) is 9.84 Å². The molecule has 5 nitrogen and oxygen atoms in total. The molecule has 0 saturated carbocycles. The number of hydrogen-bond acceptors (Lipinski definition) is 3. The van der Waals surface area contributed by atoms with Crippen LogP contribution in [0.1, 0.15) is 18.9 Å². The van der Waals surface area contributed by atoms with Crippen LogP contribution in [0.15, 0.2) is 54.6 Å². The molecule has 0 bridgehead atoms. The number of rotatable bonds is 7. The Labute approximate surface area is 136 Å². The van der Waals surface area contributed by atoms with Gasteiger partial charge < -0.3 is 20.5 Å². The first kappa shape index (κ1) is 16.8. The number of anilines is 1. The van der Waals surface area contributed by atoms with Gasteiger partial charge in [0.25, 0.3) is 0 Å². The van der Waals surface area contributed by atoms with Gasteiger partial charge in [0.1, 0.15) is 12.4 Å². The van der Waals surface area contributed by atoms with Gasteiger partial charge in [-0.1, -0.05) is 37.3 Å². The maximum absolute atomic E-state index is 11.8. The molecule has 2 amide bonds. The average Bonchev–Trinajstić information content (AvgIpc) is 2.60. The number of amides is 2. The van der Waals surface area contributed by atoms with E-state index in [9.17, 15) is 4.79 Å². The standard InChI is InChI=1S/C18H22N2O3/c1-2-15(12-21)19-18(22)20-16-8-10-17(11-9-16)23-13-14-6-4-3-5-7-14/h3-11,15,21H,2,12-13H2,1H3,(H2,19,20,22).